The minimum atomic E-state index is 0.535. The highest BCUT2D eigenvalue weighted by atomic mass is 15.2. The first-order valence-electron chi connectivity index (χ1n) is 6.58. The average Bonchev–Trinajstić information content (AvgIpc) is 3.03. The molecule has 3 unspecified atom stereocenters. The Labute approximate surface area is 99.1 Å². The molecule has 2 fully saturated rings. The number of nitrogens with zero attached hydrogens (tertiary/aromatic N) is 1. The van der Waals surface area contributed by atoms with E-state index in [9.17, 15) is 0 Å². The van der Waals surface area contributed by atoms with E-state index in [0.717, 1.165) is 30.9 Å². The van der Waals surface area contributed by atoms with Crippen molar-refractivity contribution < 1.29 is 0 Å². The van der Waals surface area contributed by atoms with Crippen LogP contribution in [0, 0.1) is 17.3 Å². The fourth-order valence-electron chi connectivity index (χ4n) is 2.11. The molecule has 92 valence electrons. The third kappa shape index (κ3) is 2.89. The Hall–Kier alpha value is -0.730. The Balaban J connectivity index is 1.79. The molecule has 0 spiro atoms. The zero-order chi connectivity index (χ0) is 11.8. The van der Waals surface area contributed by atoms with Crippen molar-refractivity contribution in [1.29, 1.82) is 0 Å². The predicted molar refractivity (Wildman–Crippen MR) is 68.6 cm³/mol. The van der Waals surface area contributed by atoms with Gasteiger partial charge in [-0.2, -0.15) is 0 Å². The van der Waals surface area contributed by atoms with Gasteiger partial charge >= 0.3 is 0 Å². The molecular weight excluding hydrogens is 198 g/mol. The Morgan fingerprint density at radius 2 is 2.06 bits per heavy atom. The lowest BCUT2D eigenvalue weighted by molar-refractivity contribution is 0.564. The van der Waals surface area contributed by atoms with E-state index < -0.39 is 0 Å². The topological polar surface area (TPSA) is 36.4 Å². The Morgan fingerprint density at radius 3 is 2.50 bits per heavy atom. The lowest BCUT2D eigenvalue weighted by Gasteiger charge is -2.10. The summed E-state index contributed by atoms with van der Waals surface area (Å²) in [6.45, 7) is 11.0. The monoisotopic (exact) mass is 223 g/mol. The number of rotatable bonds is 4. The first-order chi connectivity index (χ1) is 7.53. The molecule has 0 amide bonds. The largest absolute Gasteiger partial charge is 0.357 e. The SMILES string of the molecule is CCNC(=NCC1CC1(C)C)NC1CC1C. The second kappa shape index (κ2) is 4.27. The Kier molecular flexibility index (Phi) is 3.13. The normalized spacial score (nSPS) is 35.8. The quantitative estimate of drug-likeness (QED) is 0.565. The summed E-state index contributed by atoms with van der Waals surface area (Å²) >= 11 is 0. The van der Waals surface area contributed by atoms with E-state index in [1.165, 1.54) is 12.8 Å². The van der Waals surface area contributed by atoms with E-state index in [1.807, 2.05) is 0 Å². The summed E-state index contributed by atoms with van der Waals surface area (Å²) in [4.78, 5) is 4.68. The zero-order valence-electron chi connectivity index (χ0n) is 11.0. The first-order valence-corrected chi connectivity index (χ1v) is 6.58. The Morgan fingerprint density at radius 1 is 1.44 bits per heavy atom. The molecule has 3 nitrogen and oxygen atoms in total. The van der Waals surface area contributed by atoms with Gasteiger partial charge in [0.15, 0.2) is 5.96 Å². The van der Waals surface area contributed by atoms with Crippen molar-refractivity contribution in [2.45, 2.75) is 46.6 Å². The number of hydrogen-bond acceptors (Lipinski definition) is 1. The van der Waals surface area contributed by atoms with E-state index in [0.29, 0.717) is 11.5 Å². The number of hydrogen-bond donors (Lipinski definition) is 2. The van der Waals surface area contributed by atoms with Crippen LogP contribution in [-0.2, 0) is 0 Å². The molecule has 0 aromatic heterocycles. The van der Waals surface area contributed by atoms with Gasteiger partial charge in [0.1, 0.15) is 0 Å². The first kappa shape index (κ1) is 11.7. The van der Waals surface area contributed by atoms with Crippen LogP contribution in [0.2, 0.25) is 0 Å². The minimum Gasteiger partial charge on any atom is -0.357 e. The maximum atomic E-state index is 4.68. The van der Waals surface area contributed by atoms with Crippen LogP contribution in [0.1, 0.15) is 40.5 Å². The summed E-state index contributed by atoms with van der Waals surface area (Å²) in [7, 11) is 0. The van der Waals surface area contributed by atoms with Gasteiger partial charge in [-0.1, -0.05) is 20.8 Å². The summed E-state index contributed by atoms with van der Waals surface area (Å²) < 4.78 is 0. The minimum absolute atomic E-state index is 0.535. The van der Waals surface area contributed by atoms with Gasteiger partial charge in [0.2, 0.25) is 0 Å². The van der Waals surface area contributed by atoms with Crippen molar-refractivity contribution in [2.24, 2.45) is 22.2 Å². The van der Waals surface area contributed by atoms with Crippen LogP contribution >= 0.6 is 0 Å². The van der Waals surface area contributed by atoms with Crippen LogP contribution in [0.3, 0.4) is 0 Å². The van der Waals surface area contributed by atoms with Crippen LogP contribution in [-0.4, -0.2) is 25.1 Å². The highest BCUT2D eigenvalue weighted by molar-refractivity contribution is 5.80. The van der Waals surface area contributed by atoms with Gasteiger partial charge in [-0.3, -0.25) is 4.99 Å². The molecule has 0 heterocycles. The fraction of sp³-hybridized carbons (Fsp3) is 0.923. The van der Waals surface area contributed by atoms with E-state index in [4.69, 9.17) is 0 Å². The number of guanidine groups is 1. The molecule has 0 aromatic rings. The molecule has 3 atom stereocenters. The van der Waals surface area contributed by atoms with Gasteiger partial charge in [-0.05, 0) is 37.0 Å². The molecule has 2 saturated carbocycles. The van der Waals surface area contributed by atoms with Crippen molar-refractivity contribution in [3.05, 3.63) is 0 Å². The molecule has 0 saturated heterocycles. The van der Waals surface area contributed by atoms with Gasteiger partial charge in [-0.25, -0.2) is 0 Å². The van der Waals surface area contributed by atoms with E-state index in [-0.39, 0.29) is 0 Å². The lowest BCUT2D eigenvalue weighted by Crippen LogP contribution is -2.39. The second-order valence-corrected chi connectivity index (χ2v) is 6.07. The summed E-state index contributed by atoms with van der Waals surface area (Å²) in [5, 5.41) is 6.81. The average molecular weight is 223 g/mol. The summed E-state index contributed by atoms with van der Waals surface area (Å²) in [6.07, 6.45) is 2.62. The smallest absolute Gasteiger partial charge is 0.191 e. The van der Waals surface area contributed by atoms with Crippen LogP contribution in [0.4, 0.5) is 0 Å². The van der Waals surface area contributed by atoms with Crippen LogP contribution < -0.4 is 10.6 Å². The molecule has 2 N–H and O–H groups in total. The second-order valence-electron chi connectivity index (χ2n) is 6.07. The van der Waals surface area contributed by atoms with Gasteiger partial charge in [-0.15, -0.1) is 0 Å². The van der Waals surface area contributed by atoms with E-state index in [2.05, 4.69) is 43.3 Å². The summed E-state index contributed by atoms with van der Waals surface area (Å²) in [6, 6.07) is 0.657. The highest BCUT2D eigenvalue weighted by Gasteiger charge is 2.45. The molecule has 0 aliphatic heterocycles. The lowest BCUT2D eigenvalue weighted by atomic mass is 10.1. The predicted octanol–water partition coefficient (Wildman–Crippen LogP) is 2.00. The van der Waals surface area contributed by atoms with Gasteiger partial charge in [0, 0.05) is 19.1 Å². The highest BCUT2D eigenvalue weighted by Crippen LogP contribution is 2.51. The van der Waals surface area contributed by atoms with Crippen LogP contribution in [0.15, 0.2) is 4.99 Å². The van der Waals surface area contributed by atoms with Crippen molar-refractivity contribution in [2.75, 3.05) is 13.1 Å². The molecule has 3 heteroatoms. The summed E-state index contributed by atoms with van der Waals surface area (Å²) in [5.74, 6) is 2.63. The van der Waals surface area contributed by atoms with Gasteiger partial charge in [0.05, 0.1) is 0 Å². The standard InChI is InChI=1S/C13H25N3/c1-5-14-12(16-11-6-9(11)2)15-8-10-7-13(10,3)4/h9-11H,5-8H2,1-4H3,(H2,14,15,16). The molecular formula is C13H25N3. The van der Waals surface area contributed by atoms with Crippen molar-refractivity contribution >= 4 is 5.96 Å². The molecule has 16 heavy (non-hydrogen) atoms. The Bertz CT molecular complexity index is 283. The van der Waals surface area contributed by atoms with E-state index in [1.54, 1.807) is 0 Å². The van der Waals surface area contributed by atoms with Crippen molar-refractivity contribution in [3.8, 4) is 0 Å². The summed E-state index contributed by atoms with van der Waals surface area (Å²) in [5.41, 5.74) is 0.535. The van der Waals surface area contributed by atoms with Gasteiger partial charge < -0.3 is 10.6 Å². The number of nitrogens with one attached hydrogen (secondary N) is 2. The van der Waals surface area contributed by atoms with Crippen LogP contribution in [0.5, 0.6) is 0 Å². The third-order valence-corrected chi connectivity index (χ3v) is 3.96. The van der Waals surface area contributed by atoms with Crippen LogP contribution in [0.25, 0.3) is 0 Å². The third-order valence-electron chi connectivity index (χ3n) is 3.96. The maximum absolute atomic E-state index is 4.68. The molecule has 0 radical (unpaired) electrons. The van der Waals surface area contributed by atoms with Crippen molar-refractivity contribution in [1.82, 2.24) is 10.6 Å². The molecule has 0 bridgehead atoms. The maximum Gasteiger partial charge on any atom is 0.191 e. The fourth-order valence-corrected chi connectivity index (χ4v) is 2.11. The molecule has 0 aromatic carbocycles. The van der Waals surface area contributed by atoms with Gasteiger partial charge in [0.25, 0.3) is 0 Å². The van der Waals surface area contributed by atoms with Crippen molar-refractivity contribution in [3.63, 3.8) is 0 Å². The number of aliphatic imine (C=N–C) groups is 1. The zero-order valence-corrected chi connectivity index (χ0v) is 11.0. The molecule has 2 aliphatic rings. The molecule has 2 aliphatic carbocycles. The van der Waals surface area contributed by atoms with E-state index >= 15 is 0 Å². The molecule has 2 rings (SSSR count).